The zero-order valence-electron chi connectivity index (χ0n) is 9.57. The zero-order valence-corrected chi connectivity index (χ0v) is 10.3. The van der Waals surface area contributed by atoms with Gasteiger partial charge in [0.15, 0.2) is 5.69 Å². The Morgan fingerprint density at radius 2 is 2.33 bits per heavy atom. The molecule has 0 unspecified atom stereocenters. The molecule has 0 aliphatic heterocycles. The summed E-state index contributed by atoms with van der Waals surface area (Å²) in [5, 5.41) is 9.35. The number of halogens is 1. The maximum Gasteiger partial charge on any atom is 0.279 e. The highest BCUT2D eigenvalue weighted by atomic mass is 35.5. The van der Waals surface area contributed by atoms with E-state index in [9.17, 15) is 4.79 Å². The minimum absolute atomic E-state index is 0.140. The van der Waals surface area contributed by atoms with Gasteiger partial charge < -0.3 is 11.1 Å². The zero-order chi connectivity index (χ0) is 13.1. The van der Waals surface area contributed by atoms with Crippen molar-refractivity contribution in [3.05, 3.63) is 28.9 Å². The van der Waals surface area contributed by atoms with Crippen LogP contribution in [0, 0.1) is 0 Å². The molecule has 94 valence electrons. The molecule has 0 fully saturated rings. The molecule has 7 nitrogen and oxygen atoms in total. The van der Waals surface area contributed by atoms with Crippen LogP contribution in [0.3, 0.4) is 0 Å². The summed E-state index contributed by atoms with van der Waals surface area (Å²) in [4.78, 5) is 19.5. The molecule has 0 aliphatic carbocycles. The Morgan fingerprint density at radius 3 is 2.94 bits per heavy atom. The summed E-state index contributed by atoms with van der Waals surface area (Å²) in [6.45, 7) is 1.91. The molecule has 0 aliphatic rings. The van der Waals surface area contributed by atoms with Gasteiger partial charge in [-0.3, -0.25) is 9.89 Å². The SMILES string of the molecule is CCc1[nH]nc(C(=O)Nc2cc(Cl)ncn2)c1N. The Morgan fingerprint density at radius 1 is 1.56 bits per heavy atom. The highest BCUT2D eigenvalue weighted by molar-refractivity contribution is 6.29. The van der Waals surface area contributed by atoms with Crippen molar-refractivity contribution < 1.29 is 4.79 Å². The average molecular weight is 267 g/mol. The first kappa shape index (κ1) is 12.3. The van der Waals surface area contributed by atoms with E-state index in [1.165, 1.54) is 12.4 Å². The molecule has 2 aromatic heterocycles. The van der Waals surface area contributed by atoms with E-state index in [1.54, 1.807) is 0 Å². The van der Waals surface area contributed by atoms with Crippen LogP contribution < -0.4 is 11.1 Å². The van der Waals surface area contributed by atoms with Crippen LogP contribution in [-0.4, -0.2) is 26.1 Å². The van der Waals surface area contributed by atoms with Gasteiger partial charge in [0.1, 0.15) is 17.3 Å². The van der Waals surface area contributed by atoms with Gasteiger partial charge in [-0.25, -0.2) is 9.97 Å². The van der Waals surface area contributed by atoms with Gasteiger partial charge in [0.05, 0.1) is 11.4 Å². The lowest BCUT2D eigenvalue weighted by atomic mass is 10.2. The Bertz CT molecular complexity index is 581. The van der Waals surface area contributed by atoms with Crippen molar-refractivity contribution in [3.8, 4) is 0 Å². The van der Waals surface area contributed by atoms with Gasteiger partial charge in [-0.05, 0) is 6.42 Å². The van der Waals surface area contributed by atoms with Crippen molar-refractivity contribution in [2.75, 3.05) is 11.1 Å². The lowest BCUT2D eigenvalue weighted by molar-refractivity contribution is 0.102. The Hall–Kier alpha value is -2.15. The molecule has 4 N–H and O–H groups in total. The molecule has 0 aromatic carbocycles. The summed E-state index contributed by atoms with van der Waals surface area (Å²) in [6, 6.07) is 1.43. The second kappa shape index (κ2) is 5.01. The van der Waals surface area contributed by atoms with Crippen LogP contribution in [0.5, 0.6) is 0 Å². The number of hydrogen-bond donors (Lipinski definition) is 3. The minimum Gasteiger partial charge on any atom is -0.395 e. The van der Waals surface area contributed by atoms with E-state index in [2.05, 4.69) is 25.5 Å². The highest BCUT2D eigenvalue weighted by Gasteiger charge is 2.16. The average Bonchev–Trinajstić information content (AvgIpc) is 2.70. The molecule has 0 bridgehead atoms. The summed E-state index contributed by atoms with van der Waals surface area (Å²) >= 11 is 5.68. The molecule has 2 aromatic rings. The molecule has 0 atom stereocenters. The number of hydrogen-bond acceptors (Lipinski definition) is 5. The Kier molecular flexibility index (Phi) is 3.42. The largest absolute Gasteiger partial charge is 0.395 e. The first-order chi connectivity index (χ1) is 8.61. The molecule has 0 radical (unpaired) electrons. The van der Waals surface area contributed by atoms with E-state index >= 15 is 0 Å². The quantitative estimate of drug-likeness (QED) is 0.724. The van der Waals surface area contributed by atoms with Crippen LogP contribution in [0.1, 0.15) is 23.1 Å². The van der Waals surface area contributed by atoms with Crippen molar-refractivity contribution in [1.82, 2.24) is 20.2 Å². The second-order valence-electron chi connectivity index (χ2n) is 3.50. The van der Waals surface area contributed by atoms with Crippen LogP contribution in [0.2, 0.25) is 5.15 Å². The van der Waals surface area contributed by atoms with Gasteiger partial charge in [-0.2, -0.15) is 5.10 Å². The van der Waals surface area contributed by atoms with Gasteiger partial charge in [-0.1, -0.05) is 18.5 Å². The molecule has 18 heavy (non-hydrogen) atoms. The number of aryl methyl sites for hydroxylation is 1. The van der Waals surface area contributed by atoms with Crippen LogP contribution in [0.25, 0.3) is 0 Å². The number of nitrogen functional groups attached to an aromatic ring is 1. The summed E-state index contributed by atoms with van der Waals surface area (Å²) in [5.41, 5.74) is 6.99. The Labute approximate surface area is 108 Å². The van der Waals surface area contributed by atoms with Crippen molar-refractivity contribution >= 4 is 29.0 Å². The van der Waals surface area contributed by atoms with Gasteiger partial charge >= 0.3 is 0 Å². The number of nitrogens with zero attached hydrogens (tertiary/aromatic N) is 3. The van der Waals surface area contributed by atoms with Crippen molar-refractivity contribution in [2.24, 2.45) is 0 Å². The summed E-state index contributed by atoms with van der Waals surface area (Å²) in [7, 11) is 0. The summed E-state index contributed by atoms with van der Waals surface area (Å²) in [5.74, 6) is -0.154. The van der Waals surface area contributed by atoms with Crippen LogP contribution >= 0.6 is 11.6 Å². The number of anilines is 2. The fourth-order valence-corrected chi connectivity index (χ4v) is 1.55. The molecular formula is C10H11ClN6O. The molecule has 8 heteroatoms. The van der Waals surface area contributed by atoms with E-state index in [4.69, 9.17) is 17.3 Å². The monoisotopic (exact) mass is 266 g/mol. The third-order valence-corrected chi connectivity index (χ3v) is 2.53. The first-order valence-electron chi connectivity index (χ1n) is 5.23. The van der Waals surface area contributed by atoms with E-state index in [-0.39, 0.29) is 10.8 Å². The minimum atomic E-state index is -0.446. The van der Waals surface area contributed by atoms with Gasteiger partial charge in [-0.15, -0.1) is 0 Å². The fourth-order valence-electron chi connectivity index (χ4n) is 1.41. The van der Waals surface area contributed by atoms with E-state index in [0.717, 1.165) is 5.69 Å². The smallest absolute Gasteiger partial charge is 0.279 e. The summed E-state index contributed by atoms with van der Waals surface area (Å²) < 4.78 is 0. The molecule has 0 saturated carbocycles. The summed E-state index contributed by atoms with van der Waals surface area (Å²) in [6.07, 6.45) is 1.93. The van der Waals surface area contributed by atoms with E-state index < -0.39 is 5.91 Å². The van der Waals surface area contributed by atoms with E-state index in [0.29, 0.717) is 17.9 Å². The molecule has 2 heterocycles. The van der Waals surface area contributed by atoms with E-state index in [1.807, 2.05) is 6.92 Å². The number of carbonyl (C=O) groups is 1. The van der Waals surface area contributed by atoms with Crippen LogP contribution in [0.4, 0.5) is 11.5 Å². The molecule has 0 spiro atoms. The lowest BCUT2D eigenvalue weighted by Crippen LogP contribution is -2.15. The number of nitrogens with two attached hydrogens (primary N) is 1. The number of aromatic amines is 1. The number of amides is 1. The third kappa shape index (κ3) is 2.40. The molecule has 1 amide bonds. The van der Waals surface area contributed by atoms with Crippen molar-refractivity contribution in [3.63, 3.8) is 0 Å². The standard InChI is InChI=1S/C10H11ClN6O/c1-2-5-8(12)9(17-16-5)10(18)15-7-3-6(11)13-4-14-7/h3-4H,2,12H2,1H3,(H,16,17)(H,13,14,15,18). The lowest BCUT2D eigenvalue weighted by Gasteiger charge is -2.02. The number of rotatable bonds is 3. The van der Waals surface area contributed by atoms with Crippen LogP contribution in [0.15, 0.2) is 12.4 Å². The molecular weight excluding hydrogens is 256 g/mol. The topological polar surface area (TPSA) is 110 Å². The van der Waals surface area contributed by atoms with Gasteiger partial charge in [0.25, 0.3) is 5.91 Å². The Balaban J connectivity index is 2.19. The van der Waals surface area contributed by atoms with Crippen molar-refractivity contribution in [2.45, 2.75) is 13.3 Å². The number of aromatic nitrogens is 4. The normalized spacial score (nSPS) is 10.3. The van der Waals surface area contributed by atoms with Crippen LogP contribution in [-0.2, 0) is 6.42 Å². The van der Waals surface area contributed by atoms with Gasteiger partial charge in [0, 0.05) is 6.07 Å². The maximum absolute atomic E-state index is 11.9. The predicted octanol–water partition coefficient (Wildman–Crippen LogP) is 1.25. The highest BCUT2D eigenvalue weighted by Crippen LogP contribution is 2.16. The number of carbonyl (C=O) groups excluding carboxylic acids is 1. The molecule has 0 saturated heterocycles. The van der Waals surface area contributed by atoms with Gasteiger partial charge in [0.2, 0.25) is 0 Å². The predicted molar refractivity (Wildman–Crippen MR) is 67.4 cm³/mol. The number of nitrogens with one attached hydrogen (secondary N) is 2. The fraction of sp³-hybridized carbons (Fsp3) is 0.200. The maximum atomic E-state index is 11.9. The second-order valence-corrected chi connectivity index (χ2v) is 3.89. The number of H-pyrrole nitrogens is 1. The first-order valence-corrected chi connectivity index (χ1v) is 5.61. The third-order valence-electron chi connectivity index (χ3n) is 2.33. The molecule has 2 rings (SSSR count). The van der Waals surface area contributed by atoms with Crippen molar-refractivity contribution in [1.29, 1.82) is 0 Å².